The van der Waals surface area contributed by atoms with Crippen LogP contribution in [0.15, 0.2) is 30.3 Å². The van der Waals surface area contributed by atoms with Crippen LogP contribution in [0.25, 0.3) is 0 Å². The summed E-state index contributed by atoms with van der Waals surface area (Å²) in [7, 11) is 0. The van der Waals surface area contributed by atoms with Gasteiger partial charge in [0.2, 0.25) is 5.91 Å². The van der Waals surface area contributed by atoms with Gasteiger partial charge in [-0.25, -0.2) is 0 Å². The Morgan fingerprint density at radius 1 is 1.36 bits per heavy atom. The Kier molecular flexibility index (Phi) is 2.50. The van der Waals surface area contributed by atoms with Crippen LogP contribution in [-0.2, 0) is 4.79 Å². The van der Waals surface area contributed by atoms with Crippen molar-refractivity contribution in [1.29, 1.82) is 0 Å². The summed E-state index contributed by atoms with van der Waals surface area (Å²) < 4.78 is 0. The molecule has 3 heteroatoms. The van der Waals surface area contributed by atoms with Gasteiger partial charge in [-0.2, -0.15) is 0 Å². The van der Waals surface area contributed by atoms with Gasteiger partial charge < -0.3 is 10.0 Å². The van der Waals surface area contributed by atoms with Crippen LogP contribution >= 0.6 is 0 Å². The number of nitrogens with zero attached hydrogens (tertiary/aromatic N) is 1. The summed E-state index contributed by atoms with van der Waals surface area (Å²) >= 11 is 0. The van der Waals surface area contributed by atoms with Crippen LogP contribution in [0.1, 0.15) is 12.8 Å². The Labute approximate surface area is 83.0 Å². The van der Waals surface area contributed by atoms with Crippen molar-refractivity contribution in [3.8, 4) is 0 Å². The van der Waals surface area contributed by atoms with E-state index in [2.05, 4.69) is 0 Å². The zero-order chi connectivity index (χ0) is 9.97. The second kappa shape index (κ2) is 3.80. The Morgan fingerprint density at radius 2 is 2.07 bits per heavy atom. The molecule has 1 N–H and O–H groups in total. The smallest absolute Gasteiger partial charge is 0.227 e. The highest BCUT2D eigenvalue weighted by molar-refractivity contribution is 5.96. The normalized spacial score (nSPS) is 21.6. The summed E-state index contributed by atoms with van der Waals surface area (Å²) in [6, 6.07) is 9.46. The third-order valence-electron chi connectivity index (χ3n) is 2.57. The maximum absolute atomic E-state index is 11.6. The van der Waals surface area contributed by atoms with Gasteiger partial charge in [-0.3, -0.25) is 4.79 Å². The zero-order valence-electron chi connectivity index (χ0n) is 7.89. The number of carbonyl (C=O) groups is 1. The first-order chi connectivity index (χ1) is 6.83. The number of carbonyl (C=O) groups excluding carboxylic acids is 1. The molecule has 1 fully saturated rings. The van der Waals surface area contributed by atoms with Crippen molar-refractivity contribution in [2.24, 2.45) is 0 Å². The molecule has 14 heavy (non-hydrogen) atoms. The summed E-state index contributed by atoms with van der Waals surface area (Å²) in [5.41, 5.74) is 0.883. The molecule has 1 aromatic carbocycles. The highest BCUT2D eigenvalue weighted by Gasteiger charge is 2.31. The lowest BCUT2D eigenvalue weighted by atomic mass is 10.2. The molecule has 2 rings (SSSR count). The van der Waals surface area contributed by atoms with Crippen LogP contribution in [0.4, 0.5) is 5.69 Å². The molecule has 1 amide bonds. The van der Waals surface area contributed by atoms with Crippen molar-refractivity contribution < 1.29 is 9.90 Å². The van der Waals surface area contributed by atoms with E-state index < -0.39 is 0 Å². The van der Waals surface area contributed by atoms with Crippen molar-refractivity contribution in [3.63, 3.8) is 0 Å². The SMILES string of the molecule is O=C1CCC(CO)N1c1ccccc1. The number of hydrogen-bond acceptors (Lipinski definition) is 2. The quantitative estimate of drug-likeness (QED) is 0.762. The van der Waals surface area contributed by atoms with Gasteiger partial charge in [-0.05, 0) is 18.6 Å². The molecule has 1 atom stereocenters. The number of para-hydroxylation sites is 1. The van der Waals surface area contributed by atoms with Crippen molar-refractivity contribution in [1.82, 2.24) is 0 Å². The molecule has 3 nitrogen and oxygen atoms in total. The molecule has 0 radical (unpaired) electrons. The molecule has 1 saturated heterocycles. The molecule has 0 bridgehead atoms. The van der Waals surface area contributed by atoms with Gasteiger partial charge in [-0.15, -0.1) is 0 Å². The summed E-state index contributed by atoms with van der Waals surface area (Å²) in [5.74, 6) is 0.107. The van der Waals surface area contributed by atoms with Crippen LogP contribution in [-0.4, -0.2) is 23.7 Å². The van der Waals surface area contributed by atoms with E-state index in [1.54, 1.807) is 4.90 Å². The Balaban J connectivity index is 2.28. The fourth-order valence-electron chi connectivity index (χ4n) is 1.86. The highest BCUT2D eigenvalue weighted by Crippen LogP contribution is 2.25. The molecule has 1 aliphatic rings. The minimum absolute atomic E-state index is 0.0371. The molecule has 74 valence electrons. The van der Waals surface area contributed by atoms with E-state index in [0.717, 1.165) is 12.1 Å². The molecule has 0 spiro atoms. The first-order valence-corrected chi connectivity index (χ1v) is 4.81. The van der Waals surface area contributed by atoms with Gasteiger partial charge in [0.1, 0.15) is 0 Å². The largest absolute Gasteiger partial charge is 0.394 e. The van der Waals surface area contributed by atoms with E-state index in [4.69, 9.17) is 5.11 Å². The number of hydrogen-bond donors (Lipinski definition) is 1. The summed E-state index contributed by atoms with van der Waals surface area (Å²) in [4.78, 5) is 13.3. The Hall–Kier alpha value is -1.35. The standard InChI is InChI=1S/C11H13NO2/c13-8-10-6-7-11(14)12(10)9-4-2-1-3-5-9/h1-5,10,13H,6-8H2. The van der Waals surface area contributed by atoms with Crippen LogP contribution in [0.2, 0.25) is 0 Å². The van der Waals surface area contributed by atoms with Crippen molar-refractivity contribution >= 4 is 11.6 Å². The third kappa shape index (κ3) is 1.51. The molecule has 1 heterocycles. The van der Waals surface area contributed by atoms with E-state index in [1.807, 2.05) is 30.3 Å². The predicted molar refractivity (Wildman–Crippen MR) is 54.0 cm³/mol. The van der Waals surface area contributed by atoms with E-state index in [-0.39, 0.29) is 18.6 Å². The maximum atomic E-state index is 11.6. The van der Waals surface area contributed by atoms with E-state index in [1.165, 1.54) is 0 Å². The van der Waals surface area contributed by atoms with Crippen molar-refractivity contribution in [3.05, 3.63) is 30.3 Å². The molecule has 1 unspecified atom stereocenters. The molecular weight excluding hydrogens is 178 g/mol. The van der Waals surface area contributed by atoms with E-state index in [0.29, 0.717) is 6.42 Å². The number of anilines is 1. The van der Waals surface area contributed by atoms with Crippen LogP contribution in [0, 0.1) is 0 Å². The lowest BCUT2D eigenvalue weighted by molar-refractivity contribution is -0.117. The average molecular weight is 191 g/mol. The Morgan fingerprint density at radius 3 is 2.71 bits per heavy atom. The second-order valence-corrected chi connectivity index (χ2v) is 3.47. The number of amides is 1. The fraction of sp³-hybridized carbons (Fsp3) is 0.364. The van der Waals surface area contributed by atoms with Gasteiger partial charge in [0.15, 0.2) is 0 Å². The van der Waals surface area contributed by atoms with Gasteiger partial charge in [-0.1, -0.05) is 18.2 Å². The van der Waals surface area contributed by atoms with Gasteiger partial charge in [0, 0.05) is 12.1 Å². The molecular formula is C11H13NO2. The number of aliphatic hydroxyl groups excluding tert-OH is 1. The fourth-order valence-corrected chi connectivity index (χ4v) is 1.86. The molecule has 1 aliphatic heterocycles. The third-order valence-corrected chi connectivity index (χ3v) is 2.57. The number of benzene rings is 1. The monoisotopic (exact) mass is 191 g/mol. The van der Waals surface area contributed by atoms with Crippen molar-refractivity contribution in [2.45, 2.75) is 18.9 Å². The van der Waals surface area contributed by atoms with Crippen LogP contribution in [0.3, 0.4) is 0 Å². The lowest BCUT2D eigenvalue weighted by Crippen LogP contribution is -2.35. The molecule has 0 aliphatic carbocycles. The van der Waals surface area contributed by atoms with E-state index >= 15 is 0 Å². The number of aliphatic hydroxyl groups is 1. The minimum atomic E-state index is -0.0371. The molecule has 1 aromatic rings. The maximum Gasteiger partial charge on any atom is 0.227 e. The van der Waals surface area contributed by atoms with Crippen molar-refractivity contribution in [2.75, 3.05) is 11.5 Å². The molecule has 0 aromatic heterocycles. The van der Waals surface area contributed by atoms with Crippen LogP contribution in [0.5, 0.6) is 0 Å². The van der Waals surface area contributed by atoms with Gasteiger partial charge >= 0.3 is 0 Å². The van der Waals surface area contributed by atoms with Gasteiger partial charge in [0.25, 0.3) is 0 Å². The summed E-state index contributed by atoms with van der Waals surface area (Å²) in [5, 5.41) is 9.12. The first kappa shape index (κ1) is 9.21. The summed E-state index contributed by atoms with van der Waals surface area (Å²) in [6.07, 6.45) is 1.30. The predicted octanol–water partition coefficient (Wildman–Crippen LogP) is 1.17. The number of rotatable bonds is 2. The van der Waals surface area contributed by atoms with E-state index in [9.17, 15) is 4.79 Å². The summed E-state index contributed by atoms with van der Waals surface area (Å²) in [6.45, 7) is 0.0423. The molecule has 0 saturated carbocycles. The highest BCUT2D eigenvalue weighted by atomic mass is 16.3. The van der Waals surface area contributed by atoms with Gasteiger partial charge in [0.05, 0.1) is 12.6 Å². The topological polar surface area (TPSA) is 40.5 Å². The second-order valence-electron chi connectivity index (χ2n) is 3.47. The minimum Gasteiger partial charge on any atom is -0.394 e. The van der Waals surface area contributed by atoms with Crippen LogP contribution < -0.4 is 4.90 Å². The Bertz CT molecular complexity index is 323. The lowest BCUT2D eigenvalue weighted by Gasteiger charge is -2.22. The first-order valence-electron chi connectivity index (χ1n) is 4.81. The zero-order valence-corrected chi connectivity index (χ0v) is 7.89. The average Bonchev–Trinajstić information content (AvgIpc) is 2.61.